The van der Waals surface area contributed by atoms with Crippen molar-refractivity contribution >= 4 is 29.2 Å². The second kappa shape index (κ2) is 7.70. The summed E-state index contributed by atoms with van der Waals surface area (Å²) < 4.78 is 0. The molecule has 1 saturated heterocycles. The average molecular weight is 404 g/mol. The highest BCUT2D eigenvalue weighted by Crippen LogP contribution is 2.31. The molecule has 1 fully saturated rings. The molecule has 2 N–H and O–H groups in total. The van der Waals surface area contributed by atoms with Crippen molar-refractivity contribution in [3.8, 4) is 0 Å². The van der Waals surface area contributed by atoms with E-state index in [0.29, 0.717) is 16.6 Å². The van der Waals surface area contributed by atoms with Gasteiger partial charge in [0.05, 0.1) is 0 Å². The molecule has 6 heteroatoms. The van der Waals surface area contributed by atoms with Gasteiger partial charge in [-0.15, -0.1) is 0 Å². The predicted octanol–water partition coefficient (Wildman–Crippen LogP) is 4.38. The summed E-state index contributed by atoms with van der Waals surface area (Å²) in [6.07, 6.45) is 2.98. The third-order valence-electron chi connectivity index (χ3n) is 5.75. The van der Waals surface area contributed by atoms with Gasteiger partial charge in [-0.1, -0.05) is 53.5 Å². The number of likely N-dealkylation sites (tertiary alicyclic amines) is 1. The molecule has 0 saturated carbocycles. The molecule has 1 spiro atoms. The quantitative estimate of drug-likeness (QED) is 0.780. The van der Waals surface area contributed by atoms with Crippen LogP contribution >= 0.6 is 23.2 Å². The van der Waals surface area contributed by atoms with E-state index in [4.69, 9.17) is 23.2 Å². The maximum absolute atomic E-state index is 12.5. The third kappa shape index (κ3) is 4.08. The van der Waals surface area contributed by atoms with Crippen LogP contribution in [0, 0.1) is 0 Å². The molecule has 0 bridgehead atoms. The fourth-order valence-corrected chi connectivity index (χ4v) is 4.53. The molecule has 2 aliphatic heterocycles. The molecule has 2 aliphatic rings. The lowest BCUT2D eigenvalue weighted by Gasteiger charge is -2.45. The summed E-state index contributed by atoms with van der Waals surface area (Å²) in [7, 11) is 0. The number of nitrogens with zero attached hydrogens (tertiary/aromatic N) is 1. The molecule has 0 aliphatic carbocycles. The van der Waals surface area contributed by atoms with E-state index < -0.39 is 0 Å². The highest BCUT2D eigenvalue weighted by Gasteiger charge is 2.38. The molecule has 0 atom stereocenters. The zero-order valence-electron chi connectivity index (χ0n) is 15.1. The van der Waals surface area contributed by atoms with Crippen molar-refractivity contribution in [2.75, 3.05) is 13.1 Å². The number of carbonyl (C=O) groups excluding carboxylic acids is 1. The molecule has 4 nitrogen and oxygen atoms in total. The summed E-state index contributed by atoms with van der Waals surface area (Å²) in [5, 5.41) is 7.88. The van der Waals surface area contributed by atoms with Crippen LogP contribution in [0.25, 0.3) is 0 Å². The van der Waals surface area contributed by atoms with Crippen molar-refractivity contribution < 1.29 is 4.79 Å². The minimum Gasteiger partial charge on any atom is -0.334 e. The summed E-state index contributed by atoms with van der Waals surface area (Å²) in [5.41, 5.74) is 3.81. The summed E-state index contributed by atoms with van der Waals surface area (Å²) in [4.78, 5) is 14.4. The van der Waals surface area contributed by atoms with E-state index in [9.17, 15) is 4.79 Å². The molecule has 2 amide bonds. The molecule has 2 aromatic rings. The zero-order valence-corrected chi connectivity index (χ0v) is 16.6. The highest BCUT2D eigenvalue weighted by atomic mass is 35.5. The number of fused-ring (bicyclic) bond motifs is 1. The molecule has 0 radical (unpaired) electrons. The third-order valence-corrected chi connectivity index (χ3v) is 6.34. The van der Waals surface area contributed by atoms with Gasteiger partial charge in [-0.2, -0.15) is 0 Å². The van der Waals surface area contributed by atoms with Crippen LogP contribution in [0.15, 0.2) is 42.5 Å². The van der Waals surface area contributed by atoms with Crippen LogP contribution in [-0.4, -0.2) is 29.6 Å². The van der Waals surface area contributed by atoms with Crippen molar-refractivity contribution in [3.05, 3.63) is 69.2 Å². The number of carbonyl (C=O) groups is 1. The maximum atomic E-state index is 12.5. The molecule has 27 heavy (non-hydrogen) atoms. The lowest BCUT2D eigenvalue weighted by molar-refractivity contribution is 0.135. The first-order valence-corrected chi connectivity index (χ1v) is 10.1. The largest absolute Gasteiger partial charge is 0.334 e. The van der Waals surface area contributed by atoms with E-state index in [2.05, 4.69) is 34.9 Å². The Labute approximate surface area is 169 Å². The zero-order chi connectivity index (χ0) is 18.9. The van der Waals surface area contributed by atoms with Crippen LogP contribution in [0.1, 0.15) is 29.5 Å². The molecule has 0 unspecified atom stereocenters. The second-order valence-corrected chi connectivity index (χ2v) is 8.30. The summed E-state index contributed by atoms with van der Waals surface area (Å²) in [6, 6.07) is 13.9. The van der Waals surface area contributed by atoms with E-state index in [0.717, 1.165) is 44.5 Å². The fourth-order valence-electron chi connectivity index (χ4n) is 4.05. The Hall–Kier alpha value is -1.75. The van der Waals surface area contributed by atoms with Crippen LogP contribution in [0.3, 0.4) is 0 Å². The smallest absolute Gasteiger partial charge is 0.317 e. The Balaban J connectivity index is 1.32. The van der Waals surface area contributed by atoms with Crippen molar-refractivity contribution in [3.63, 3.8) is 0 Å². The topological polar surface area (TPSA) is 44.4 Å². The van der Waals surface area contributed by atoms with Crippen LogP contribution in [-0.2, 0) is 19.5 Å². The standard InChI is InChI=1S/C21H23Cl2N3O/c22-18-6-5-17(19(23)11-18)13-24-20(27)26-9-7-21(8-10-26)12-15-3-1-2-4-16(15)14-25-21/h1-6,11,25H,7-10,12-14H2,(H,24,27). The van der Waals surface area contributed by atoms with E-state index in [1.165, 1.54) is 11.1 Å². The minimum atomic E-state index is -0.0351. The Bertz CT molecular complexity index is 847. The van der Waals surface area contributed by atoms with Gasteiger partial charge in [0.1, 0.15) is 0 Å². The number of amides is 2. The van der Waals surface area contributed by atoms with E-state index in [-0.39, 0.29) is 11.6 Å². The van der Waals surface area contributed by atoms with Crippen molar-refractivity contribution in [1.82, 2.24) is 15.5 Å². The summed E-state index contributed by atoms with van der Waals surface area (Å²) in [6.45, 7) is 2.84. The number of halogens is 2. The van der Waals surface area contributed by atoms with Crippen LogP contribution in [0.5, 0.6) is 0 Å². The van der Waals surface area contributed by atoms with Gasteiger partial charge in [-0.3, -0.25) is 0 Å². The normalized spacial score (nSPS) is 18.2. The SMILES string of the molecule is O=C(NCc1ccc(Cl)cc1Cl)N1CCC2(CC1)Cc1ccccc1CN2. The molecular formula is C21H23Cl2N3O. The number of urea groups is 1. The Kier molecular flexibility index (Phi) is 5.31. The maximum Gasteiger partial charge on any atom is 0.317 e. The van der Waals surface area contributed by atoms with Gasteiger partial charge >= 0.3 is 6.03 Å². The van der Waals surface area contributed by atoms with Gasteiger partial charge in [-0.05, 0) is 48.1 Å². The van der Waals surface area contributed by atoms with Crippen LogP contribution < -0.4 is 10.6 Å². The summed E-state index contributed by atoms with van der Waals surface area (Å²) >= 11 is 12.1. The molecule has 142 valence electrons. The molecule has 2 heterocycles. The Morgan fingerprint density at radius 2 is 1.85 bits per heavy atom. The number of nitrogens with one attached hydrogen (secondary N) is 2. The number of hydrogen-bond acceptors (Lipinski definition) is 2. The second-order valence-electron chi connectivity index (χ2n) is 7.46. The lowest BCUT2D eigenvalue weighted by Crippen LogP contribution is -2.58. The van der Waals surface area contributed by atoms with Crippen LogP contribution in [0.2, 0.25) is 10.0 Å². The van der Waals surface area contributed by atoms with Gasteiger partial charge in [-0.25, -0.2) is 4.79 Å². The number of hydrogen-bond donors (Lipinski definition) is 2. The number of benzene rings is 2. The molecule has 0 aromatic heterocycles. The van der Waals surface area contributed by atoms with Gasteiger partial charge in [0, 0.05) is 41.8 Å². The van der Waals surface area contributed by atoms with Gasteiger partial charge < -0.3 is 15.5 Å². The lowest BCUT2D eigenvalue weighted by atomic mass is 9.78. The van der Waals surface area contributed by atoms with Crippen molar-refractivity contribution in [2.24, 2.45) is 0 Å². The summed E-state index contributed by atoms with van der Waals surface area (Å²) in [5.74, 6) is 0. The first-order valence-electron chi connectivity index (χ1n) is 9.33. The first kappa shape index (κ1) is 18.6. The molecule has 4 rings (SSSR count). The highest BCUT2D eigenvalue weighted by molar-refractivity contribution is 6.35. The monoisotopic (exact) mass is 403 g/mol. The van der Waals surface area contributed by atoms with Crippen molar-refractivity contribution in [2.45, 2.75) is 37.9 Å². The van der Waals surface area contributed by atoms with E-state index in [1.807, 2.05) is 11.0 Å². The van der Waals surface area contributed by atoms with Gasteiger partial charge in [0.2, 0.25) is 0 Å². The Morgan fingerprint density at radius 1 is 1.11 bits per heavy atom. The van der Waals surface area contributed by atoms with E-state index >= 15 is 0 Å². The minimum absolute atomic E-state index is 0.0351. The first-order chi connectivity index (χ1) is 13.0. The van der Waals surface area contributed by atoms with Crippen LogP contribution in [0.4, 0.5) is 4.79 Å². The Morgan fingerprint density at radius 3 is 2.59 bits per heavy atom. The van der Waals surface area contributed by atoms with Gasteiger partial charge in [0.25, 0.3) is 0 Å². The average Bonchev–Trinajstić information content (AvgIpc) is 2.67. The number of piperidine rings is 1. The number of rotatable bonds is 2. The predicted molar refractivity (Wildman–Crippen MR) is 109 cm³/mol. The van der Waals surface area contributed by atoms with E-state index in [1.54, 1.807) is 12.1 Å². The van der Waals surface area contributed by atoms with Crippen molar-refractivity contribution in [1.29, 1.82) is 0 Å². The molecular weight excluding hydrogens is 381 g/mol. The molecule has 2 aromatic carbocycles. The fraction of sp³-hybridized carbons (Fsp3) is 0.381. The van der Waals surface area contributed by atoms with Gasteiger partial charge in [0.15, 0.2) is 0 Å².